The summed E-state index contributed by atoms with van der Waals surface area (Å²) in [7, 11) is 0. The molecular weight excluding hydrogens is 234 g/mol. The first-order valence-corrected chi connectivity index (χ1v) is 6.95. The summed E-state index contributed by atoms with van der Waals surface area (Å²) < 4.78 is 2.05. The van der Waals surface area contributed by atoms with Crippen LogP contribution < -0.4 is 5.32 Å². The number of hydrogen-bond acceptors (Lipinski definition) is 2. The van der Waals surface area contributed by atoms with Crippen LogP contribution in [0.15, 0.2) is 24.4 Å². The van der Waals surface area contributed by atoms with Gasteiger partial charge in [-0.2, -0.15) is 5.10 Å². The lowest BCUT2D eigenvalue weighted by Gasteiger charge is -2.10. The van der Waals surface area contributed by atoms with Gasteiger partial charge in [0.1, 0.15) is 0 Å². The minimum Gasteiger partial charge on any atom is -0.313 e. The largest absolute Gasteiger partial charge is 0.313 e. The smallest absolute Gasteiger partial charge is 0.0680 e. The van der Waals surface area contributed by atoms with Gasteiger partial charge in [0.05, 0.1) is 11.9 Å². The summed E-state index contributed by atoms with van der Waals surface area (Å²) in [6, 6.07) is 6.49. The summed E-state index contributed by atoms with van der Waals surface area (Å²) in [6.45, 7) is 10.5. The lowest BCUT2D eigenvalue weighted by molar-refractivity contribution is 0.672. The predicted octanol–water partition coefficient (Wildman–Crippen LogP) is 3.30. The molecule has 0 unspecified atom stereocenters. The third-order valence-corrected chi connectivity index (χ3v) is 3.45. The van der Waals surface area contributed by atoms with Crippen molar-refractivity contribution in [2.75, 3.05) is 6.54 Å². The Balaban J connectivity index is 2.28. The first kappa shape index (κ1) is 13.8. The maximum atomic E-state index is 4.54. The molecule has 2 aromatic rings. The van der Waals surface area contributed by atoms with Crippen molar-refractivity contribution in [3.8, 4) is 5.69 Å². The molecule has 3 heteroatoms. The number of hydrogen-bond donors (Lipinski definition) is 1. The van der Waals surface area contributed by atoms with Crippen molar-refractivity contribution in [3.63, 3.8) is 0 Å². The van der Waals surface area contributed by atoms with E-state index in [9.17, 15) is 0 Å². The number of nitrogens with zero attached hydrogens (tertiary/aromatic N) is 2. The van der Waals surface area contributed by atoms with E-state index in [2.05, 4.69) is 56.3 Å². The first-order valence-electron chi connectivity index (χ1n) is 6.95. The van der Waals surface area contributed by atoms with Gasteiger partial charge < -0.3 is 5.32 Å². The van der Waals surface area contributed by atoms with Gasteiger partial charge in [-0.3, -0.25) is 0 Å². The van der Waals surface area contributed by atoms with Gasteiger partial charge >= 0.3 is 0 Å². The fourth-order valence-corrected chi connectivity index (χ4v) is 2.21. The Labute approximate surface area is 115 Å². The number of rotatable bonds is 5. The zero-order valence-corrected chi connectivity index (χ0v) is 12.3. The molecule has 1 aromatic carbocycles. The third kappa shape index (κ3) is 3.04. The van der Waals surface area contributed by atoms with Crippen molar-refractivity contribution in [1.29, 1.82) is 0 Å². The van der Waals surface area contributed by atoms with Crippen LogP contribution in [0.3, 0.4) is 0 Å². The molecule has 0 radical (unpaired) electrons. The van der Waals surface area contributed by atoms with Crippen molar-refractivity contribution in [2.24, 2.45) is 0 Å². The summed E-state index contributed by atoms with van der Waals surface area (Å²) in [5, 5.41) is 7.97. The van der Waals surface area contributed by atoms with Crippen LogP contribution >= 0.6 is 0 Å². The third-order valence-electron chi connectivity index (χ3n) is 3.45. The predicted molar refractivity (Wildman–Crippen MR) is 79.8 cm³/mol. The molecular formula is C16H23N3. The molecule has 1 heterocycles. The highest BCUT2D eigenvalue weighted by Crippen LogP contribution is 2.19. The van der Waals surface area contributed by atoms with Crippen LogP contribution in [0.1, 0.15) is 35.7 Å². The van der Waals surface area contributed by atoms with Gasteiger partial charge in [0.15, 0.2) is 0 Å². The first-order chi connectivity index (χ1) is 9.13. The van der Waals surface area contributed by atoms with Gasteiger partial charge in [0.2, 0.25) is 0 Å². The summed E-state index contributed by atoms with van der Waals surface area (Å²) >= 11 is 0. The average Bonchev–Trinajstić information content (AvgIpc) is 2.75. The number of aryl methyl sites for hydroxylation is 2. The van der Waals surface area contributed by atoms with Crippen LogP contribution in [0, 0.1) is 20.8 Å². The minimum absolute atomic E-state index is 0.893. The van der Waals surface area contributed by atoms with Crippen LogP contribution in [0.2, 0.25) is 0 Å². The molecule has 0 spiro atoms. The van der Waals surface area contributed by atoms with Crippen LogP contribution in [0.4, 0.5) is 0 Å². The van der Waals surface area contributed by atoms with E-state index >= 15 is 0 Å². The van der Waals surface area contributed by atoms with E-state index in [-0.39, 0.29) is 0 Å². The molecule has 0 saturated carbocycles. The Bertz CT molecular complexity index is 555. The Morgan fingerprint density at radius 3 is 2.74 bits per heavy atom. The molecule has 1 aromatic heterocycles. The molecule has 0 aliphatic carbocycles. The highest BCUT2D eigenvalue weighted by atomic mass is 15.3. The molecule has 102 valence electrons. The topological polar surface area (TPSA) is 29.9 Å². The van der Waals surface area contributed by atoms with Crippen LogP contribution in [-0.2, 0) is 6.54 Å². The van der Waals surface area contributed by atoms with Gasteiger partial charge in [0.25, 0.3) is 0 Å². The number of nitrogens with one attached hydrogen (secondary N) is 1. The monoisotopic (exact) mass is 257 g/mol. The minimum atomic E-state index is 0.893. The van der Waals surface area contributed by atoms with E-state index < -0.39 is 0 Å². The highest BCUT2D eigenvalue weighted by Gasteiger charge is 2.09. The maximum Gasteiger partial charge on any atom is 0.0680 e. The van der Waals surface area contributed by atoms with Crippen LogP contribution in [0.5, 0.6) is 0 Å². The van der Waals surface area contributed by atoms with Crippen LogP contribution in [0.25, 0.3) is 5.69 Å². The lowest BCUT2D eigenvalue weighted by Crippen LogP contribution is -2.14. The van der Waals surface area contributed by atoms with Crippen molar-refractivity contribution >= 4 is 0 Å². The molecule has 1 N–H and O–H groups in total. The average molecular weight is 257 g/mol. The van der Waals surface area contributed by atoms with E-state index in [4.69, 9.17) is 0 Å². The van der Waals surface area contributed by atoms with Gasteiger partial charge in [-0.15, -0.1) is 0 Å². The lowest BCUT2D eigenvalue weighted by atomic mass is 10.1. The zero-order valence-electron chi connectivity index (χ0n) is 12.3. The molecule has 0 bridgehead atoms. The number of aromatic nitrogens is 2. The zero-order chi connectivity index (χ0) is 13.8. The Hall–Kier alpha value is -1.61. The molecule has 19 heavy (non-hydrogen) atoms. The standard InChI is InChI=1S/C16H23N3/c1-5-8-17-10-15-11-18-19(14(15)4)16-9-12(2)6-7-13(16)3/h6-7,9,11,17H,5,8,10H2,1-4H3. The molecule has 0 atom stereocenters. The molecule has 0 aliphatic rings. The summed E-state index contributed by atoms with van der Waals surface area (Å²) in [5.41, 5.74) is 6.19. The van der Waals surface area contributed by atoms with Gasteiger partial charge in [-0.25, -0.2) is 4.68 Å². The second-order valence-electron chi connectivity index (χ2n) is 5.13. The van der Waals surface area contributed by atoms with Crippen molar-refractivity contribution in [1.82, 2.24) is 15.1 Å². The van der Waals surface area contributed by atoms with E-state index in [0.29, 0.717) is 0 Å². The molecule has 0 saturated heterocycles. The Kier molecular flexibility index (Phi) is 4.38. The summed E-state index contributed by atoms with van der Waals surface area (Å²) in [4.78, 5) is 0. The molecule has 0 fully saturated rings. The van der Waals surface area contributed by atoms with Gasteiger partial charge in [0, 0.05) is 17.8 Å². The Morgan fingerprint density at radius 1 is 1.21 bits per heavy atom. The summed E-state index contributed by atoms with van der Waals surface area (Å²) in [6.07, 6.45) is 3.13. The number of benzene rings is 1. The van der Waals surface area contributed by atoms with Gasteiger partial charge in [-0.05, 0) is 50.9 Å². The normalized spacial score (nSPS) is 10.9. The second kappa shape index (κ2) is 6.02. The molecule has 0 amide bonds. The quantitative estimate of drug-likeness (QED) is 0.833. The van der Waals surface area contributed by atoms with E-state index in [0.717, 1.165) is 19.5 Å². The fraction of sp³-hybridized carbons (Fsp3) is 0.438. The maximum absolute atomic E-state index is 4.54. The molecule has 0 aliphatic heterocycles. The second-order valence-corrected chi connectivity index (χ2v) is 5.13. The van der Waals surface area contributed by atoms with E-state index in [1.54, 1.807) is 0 Å². The Morgan fingerprint density at radius 2 is 2.00 bits per heavy atom. The SMILES string of the molecule is CCCNCc1cnn(-c2cc(C)ccc2C)c1C. The molecule has 3 nitrogen and oxygen atoms in total. The van der Waals surface area contributed by atoms with Crippen LogP contribution in [-0.4, -0.2) is 16.3 Å². The molecule has 2 rings (SSSR count). The highest BCUT2D eigenvalue weighted by molar-refractivity contribution is 5.44. The van der Waals surface area contributed by atoms with Gasteiger partial charge in [-0.1, -0.05) is 19.1 Å². The van der Waals surface area contributed by atoms with Crippen molar-refractivity contribution < 1.29 is 0 Å². The van der Waals surface area contributed by atoms with Crippen molar-refractivity contribution in [2.45, 2.75) is 40.7 Å². The van der Waals surface area contributed by atoms with E-state index in [1.807, 2.05) is 10.9 Å². The van der Waals surface area contributed by atoms with E-state index in [1.165, 1.54) is 28.1 Å². The fourth-order valence-electron chi connectivity index (χ4n) is 2.21. The van der Waals surface area contributed by atoms with Crippen molar-refractivity contribution in [3.05, 3.63) is 46.8 Å². The summed E-state index contributed by atoms with van der Waals surface area (Å²) in [5.74, 6) is 0.